The van der Waals surface area contributed by atoms with E-state index in [9.17, 15) is 128 Å². The maximum absolute atomic E-state index is 12.1. The Bertz CT molecular complexity index is 2240. The smallest absolute Gasteiger partial charge is 0.187 e. The van der Waals surface area contributed by atoms with Gasteiger partial charge in [-0.2, -0.15) is 0 Å². The second kappa shape index (κ2) is 32.1. The monoisotopic (exact) mass is 1360 g/mol. The molecule has 92 heavy (non-hydrogen) atoms. The molecule has 0 aromatic rings. The first kappa shape index (κ1) is 74.5. The van der Waals surface area contributed by atoms with E-state index in [1.54, 1.807) is 0 Å². The van der Waals surface area contributed by atoms with E-state index in [0.717, 1.165) is 0 Å². The quantitative estimate of drug-likeness (QED) is 0.0452. The van der Waals surface area contributed by atoms with Crippen molar-refractivity contribution in [1.82, 2.24) is 0 Å². The molecule has 0 aromatic carbocycles. The highest BCUT2D eigenvalue weighted by Crippen LogP contribution is 2.38. The van der Waals surface area contributed by atoms with Crippen LogP contribution < -0.4 is 0 Å². The summed E-state index contributed by atoms with van der Waals surface area (Å²) in [5, 5.41) is 269. The molecule has 0 amide bonds. The van der Waals surface area contributed by atoms with Gasteiger partial charge in [-0.1, -0.05) is 0 Å². The van der Waals surface area contributed by atoms with Crippen LogP contribution in [0.4, 0.5) is 0 Å². The van der Waals surface area contributed by atoms with Gasteiger partial charge in [0.2, 0.25) is 0 Å². The summed E-state index contributed by atoms with van der Waals surface area (Å²) in [6.45, 7) is -8.05. The van der Waals surface area contributed by atoms with Gasteiger partial charge >= 0.3 is 0 Å². The molecule has 42 nitrogen and oxygen atoms in total. The van der Waals surface area contributed by atoms with Crippen molar-refractivity contribution in [1.29, 1.82) is 0 Å². The van der Waals surface area contributed by atoms with E-state index < -0.39 is 311 Å². The first-order valence-electron chi connectivity index (χ1n) is 29.3. The summed E-state index contributed by atoms with van der Waals surface area (Å²) in [4.78, 5) is 0. The number of aliphatic hydroxyl groups is 25. The van der Waals surface area contributed by atoms with Crippen LogP contribution >= 0.6 is 0 Å². The summed E-state index contributed by atoms with van der Waals surface area (Å²) in [5.74, 6) is 0. The summed E-state index contributed by atoms with van der Waals surface area (Å²) in [6.07, 6.45) is -80.4. The zero-order valence-corrected chi connectivity index (χ0v) is 48.2. The number of hydrogen-bond donors (Lipinski definition) is 25. The van der Waals surface area contributed by atoms with Crippen LogP contribution in [0.2, 0.25) is 0 Å². The van der Waals surface area contributed by atoms with Crippen molar-refractivity contribution in [3.63, 3.8) is 0 Å². The maximum atomic E-state index is 12.1. The standard InChI is InChI=1S/C50H84O42/c51-1-12-21(60)24(63)32(71)45(81-12)89-38-17(8-78-49-40(19(58)10(56)6-76-49)91-43-30(69)22(61)13(2-52)82-43)86-48(35(74)28(38)67)90-39-18(9-79-50-41(20(59)11(57)7-77-50)92-44-31(70)23(62)14(3-53)83-44)85-47(34(73)27(39)66)88-37-16(5-55)84-46(33(72)26(37)65)87-36-15(4-54)80-42(75)29(68)25(36)64/h10-75H,1-9H2/t10-,11-,12-,13+,14+,15-,16-,17-,18-,19+,20+,21-,22+,23+,24+,25-,26-,27-,28+,29-,30-,31-,32-,33-,34-,35-,36-,37-,38-,39-,40-,41-,42?,43+,44+,45+,46+,47+,48+,49-,50-/m1/s1. The molecule has 9 aliphatic heterocycles. The molecule has 9 saturated heterocycles. The molecule has 1 unspecified atom stereocenters. The lowest BCUT2D eigenvalue weighted by molar-refractivity contribution is -0.398. The molecule has 42 heteroatoms. The molecule has 536 valence electrons. The normalized spacial score (nSPS) is 53.8. The van der Waals surface area contributed by atoms with Crippen molar-refractivity contribution >= 4 is 0 Å². The number of rotatable bonds is 23. The van der Waals surface area contributed by atoms with E-state index in [1.165, 1.54) is 0 Å². The summed E-state index contributed by atoms with van der Waals surface area (Å²) >= 11 is 0. The first-order valence-corrected chi connectivity index (χ1v) is 29.3. The van der Waals surface area contributed by atoms with Gasteiger partial charge in [0.1, 0.15) is 195 Å². The van der Waals surface area contributed by atoms with Crippen molar-refractivity contribution in [2.75, 3.05) is 59.5 Å². The minimum atomic E-state index is -2.42. The van der Waals surface area contributed by atoms with Crippen LogP contribution in [0, 0.1) is 0 Å². The van der Waals surface area contributed by atoms with Crippen LogP contribution in [-0.2, 0) is 80.5 Å². The topological polar surface area (TPSA) is 663 Å². The Morgan fingerprint density at radius 1 is 0.228 bits per heavy atom. The maximum Gasteiger partial charge on any atom is 0.187 e. The van der Waals surface area contributed by atoms with Gasteiger partial charge in [-0.15, -0.1) is 0 Å². The second-order valence-corrected chi connectivity index (χ2v) is 23.4. The molecule has 9 rings (SSSR count). The minimum Gasteiger partial charge on any atom is -0.394 e. The van der Waals surface area contributed by atoms with Crippen molar-refractivity contribution in [2.45, 2.75) is 252 Å². The fourth-order valence-corrected chi connectivity index (χ4v) is 11.8. The van der Waals surface area contributed by atoms with E-state index >= 15 is 0 Å². The number of aliphatic hydroxyl groups excluding tert-OH is 25. The van der Waals surface area contributed by atoms with Gasteiger partial charge in [-0.05, 0) is 0 Å². The SMILES string of the molecule is OC[C@@H]1O[C@@H](O[C@H]2[C@@H](OC[C@H]3O[C@@H](O[C@H]4[C@H](O)[C@@H](O)[C@H](O[C@H]5[C@H](O)[C@@H](O)C(O)O[C@@H]5CO)O[C@@H]4CO)[C@H](O)[C@@H](O)[C@@H]3O[C@@H]3O[C@H](CO[C@H]4OC[C@@H](O)[C@H](O)[C@H]4O[C@@H]4O[C@@H](CO)[C@H](O)[C@H]4O)[C@@H](O[C@@H]4O[C@H](CO)[C@@H](O)[C@H](O)[C@H]4O)[C@@H](O)[C@H]3O)OC[C@@H](O)[C@@H]2O)[C@H](O)[C@H]1O. The average Bonchev–Trinajstić information content (AvgIpc) is 1.00. The van der Waals surface area contributed by atoms with E-state index in [0.29, 0.717) is 0 Å². The zero-order chi connectivity index (χ0) is 67.1. The van der Waals surface area contributed by atoms with Crippen LogP contribution in [0.3, 0.4) is 0 Å². The van der Waals surface area contributed by atoms with Crippen molar-refractivity contribution in [2.24, 2.45) is 0 Å². The van der Waals surface area contributed by atoms with Gasteiger partial charge in [0.15, 0.2) is 56.6 Å². The second-order valence-electron chi connectivity index (χ2n) is 23.4. The van der Waals surface area contributed by atoms with Gasteiger partial charge < -0.3 is 208 Å². The molecule has 0 spiro atoms. The third-order valence-electron chi connectivity index (χ3n) is 17.2. The average molecular weight is 1360 g/mol. The molecule has 9 fully saturated rings. The Morgan fingerprint density at radius 3 is 0.815 bits per heavy atom. The molecular formula is C50H84O42. The Morgan fingerprint density at radius 2 is 0.478 bits per heavy atom. The molecule has 0 saturated carbocycles. The minimum absolute atomic E-state index is 0.669. The summed E-state index contributed by atoms with van der Waals surface area (Å²) in [5.41, 5.74) is 0. The van der Waals surface area contributed by atoms with E-state index in [4.69, 9.17) is 80.5 Å². The van der Waals surface area contributed by atoms with Crippen molar-refractivity contribution in [3.8, 4) is 0 Å². The van der Waals surface area contributed by atoms with Gasteiger partial charge in [0.25, 0.3) is 0 Å². The van der Waals surface area contributed by atoms with Crippen molar-refractivity contribution in [3.05, 3.63) is 0 Å². The summed E-state index contributed by atoms with van der Waals surface area (Å²) in [7, 11) is 0. The molecule has 0 bridgehead atoms. The van der Waals surface area contributed by atoms with Gasteiger partial charge in [0, 0.05) is 0 Å². The molecule has 0 aromatic heterocycles. The lowest BCUT2D eigenvalue weighted by atomic mass is 9.95. The van der Waals surface area contributed by atoms with E-state index in [1.807, 2.05) is 0 Å². The predicted octanol–water partition coefficient (Wildman–Crippen LogP) is -18.1. The zero-order valence-electron chi connectivity index (χ0n) is 48.2. The number of ether oxygens (including phenoxy) is 17. The van der Waals surface area contributed by atoms with Crippen LogP contribution in [0.5, 0.6) is 0 Å². The highest BCUT2D eigenvalue weighted by molar-refractivity contribution is 5.01. The van der Waals surface area contributed by atoms with Crippen LogP contribution in [0.15, 0.2) is 0 Å². The third kappa shape index (κ3) is 15.5. The summed E-state index contributed by atoms with van der Waals surface area (Å²) in [6, 6.07) is 0. The van der Waals surface area contributed by atoms with Gasteiger partial charge in [-0.25, -0.2) is 0 Å². The Balaban J connectivity index is 0.991. The van der Waals surface area contributed by atoms with Crippen LogP contribution in [-0.4, -0.2) is 439 Å². The molecular weight excluding hydrogens is 1270 g/mol. The van der Waals surface area contributed by atoms with E-state index in [-0.39, 0.29) is 0 Å². The molecule has 9 aliphatic rings. The van der Waals surface area contributed by atoms with Crippen LogP contribution in [0.25, 0.3) is 0 Å². The molecule has 41 atom stereocenters. The molecule has 25 N–H and O–H groups in total. The molecule has 0 radical (unpaired) electrons. The van der Waals surface area contributed by atoms with Gasteiger partial charge in [-0.3, -0.25) is 0 Å². The Kier molecular flexibility index (Phi) is 26.0. The van der Waals surface area contributed by atoms with E-state index in [2.05, 4.69) is 0 Å². The lowest BCUT2D eigenvalue weighted by Gasteiger charge is -2.50. The van der Waals surface area contributed by atoms with Crippen LogP contribution in [0.1, 0.15) is 0 Å². The first-order chi connectivity index (χ1) is 43.7. The molecule has 9 heterocycles. The largest absolute Gasteiger partial charge is 0.394 e. The number of hydrogen-bond acceptors (Lipinski definition) is 42. The third-order valence-corrected chi connectivity index (χ3v) is 17.2. The van der Waals surface area contributed by atoms with Crippen molar-refractivity contribution < 1.29 is 208 Å². The summed E-state index contributed by atoms with van der Waals surface area (Å²) < 4.78 is 97.2. The predicted molar refractivity (Wildman–Crippen MR) is 273 cm³/mol. The lowest BCUT2D eigenvalue weighted by Crippen LogP contribution is -2.68. The molecule has 0 aliphatic carbocycles. The highest BCUT2D eigenvalue weighted by Gasteiger charge is 2.59. The van der Waals surface area contributed by atoms with Gasteiger partial charge in [0.05, 0.1) is 59.5 Å². The fourth-order valence-electron chi connectivity index (χ4n) is 11.8. The Labute approximate surface area is 518 Å². The fraction of sp³-hybridized carbons (Fsp3) is 1.00. The Hall–Kier alpha value is -1.68. The highest BCUT2D eigenvalue weighted by atomic mass is 16.8.